The fraction of sp³-hybridized carbons (Fsp3) is 0.414. The molecule has 42 heavy (non-hydrogen) atoms. The molecule has 0 aromatic carbocycles. The Kier molecular flexibility index (Phi) is 7.35. The summed E-state index contributed by atoms with van der Waals surface area (Å²) in [6.07, 6.45) is 2.49. The van der Waals surface area contributed by atoms with E-state index in [1.165, 1.54) is 11.3 Å². The van der Waals surface area contributed by atoms with Crippen LogP contribution in [0, 0.1) is 22.7 Å². The van der Waals surface area contributed by atoms with Crippen molar-refractivity contribution in [3.05, 3.63) is 57.6 Å². The maximum atomic E-state index is 10.5. The Balaban J connectivity index is 1.37. The van der Waals surface area contributed by atoms with E-state index in [1.807, 2.05) is 42.6 Å². The van der Waals surface area contributed by atoms with Crippen molar-refractivity contribution in [1.29, 1.82) is 10.5 Å². The number of rotatable bonds is 8. The highest BCUT2D eigenvalue weighted by Gasteiger charge is 2.53. The fourth-order valence-corrected chi connectivity index (χ4v) is 8.90. The van der Waals surface area contributed by atoms with Gasteiger partial charge in [0.25, 0.3) is 0 Å². The molecule has 0 bridgehead atoms. The van der Waals surface area contributed by atoms with Crippen molar-refractivity contribution in [2.45, 2.75) is 42.9 Å². The van der Waals surface area contributed by atoms with Crippen LogP contribution in [0.25, 0.3) is 0 Å². The second-order valence-electron chi connectivity index (χ2n) is 10.8. The second-order valence-corrected chi connectivity index (χ2v) is 13.3. The van der Waals surface area contributed by atoms with Crippen LogP contribution in [0.2, 0.25) is 0 Å². The van der Waals surface area contributed by atoms with E-state index in [1.54, 1.807) is 6.20 Å². The third kappa shape index (κ3) is 4.67. The highest BCUT2D eigenvalue weighted by Crippen LogP contribution is 2.58. The predicted molar refractivity (Wildman–Crippen MR) is 167 cm³/mol. The Labute approximate surface area is 253 Å². The highest BCUT2D eigenvalue weighted by atomic mass is 32.2. The summed E-state index contributed by atoms with van der Waals surface area (Å²) in [4.78, 5) is 19.1. The number of ether oxygens (including phenoxy) is 1. The number of anilines is 4. The van der Waals surface area contributed by atoms with Crippen LogP contribution in [0.3, 0.4) is 0 Å². The van der Waals surface area contributed by atoms with Crippen molar-refractivity contribution in [2.75, 3.05) is 54.1 Å². The van der Waals surface area contributed by atoms with Gasteiger partial charge in [0.2, 0.25) is 0 Å². The highest BCUT2D eigenvalue weighted by molar-refractivity contribution is 8.00. The summed E-state index contributed by atoms with van der Waals surface area (Å²) in [5.74, 6) is 2.26. The van der Waals surface area contributed by atoms with E-state index in [9.17, 15) is 10.5 Å². The predicted octanol–water partition coefficient (Wildman–Crippen LogP) is 3.69. The third-order valence-electron chi connectivity index (χ3n) is 8.20. The number of thiophene rings is 1. The van der Waals surface area contributed by atoms with Crippen LogP contribution in [-0.4, -0.2) is 53.8 Å². The summed E-state index contributed by atoms with van der Waals surface area (Å²) < 4.78 is 5.91. The molecule has 3 aliphatic heterocycles. The number of nitriles is 2. The first-order chi connectivity index (χ1) is 20.3. The summed E-state index contributed by atoms with van der Waals surface area (Å²) in [6.45, 7) is 11.0. The van der Waals surface area contributed by atoms with Crippen molar-refractivity contribution < 1.29 is 4.74 Å². The largest absolute Gasteiger partial charge is 0.462 e. The van der Waals surface area contributed by atoms with Gasteiger partial charge in [0.1, 0.15) is 35.1 Å². The summed E-state index contributed by atoms with van der Waals surface area (Å²) >= 11 is 3.32. The molecular formula is C29H32N10OS2. The van der Waals surface area contributed by atoms with E-state index in [0.717, 1.165) is 40.3 Å². The Hall–Kier alpha value is -4.04. The average molecular weight is 601 g/mol. The number of aromatic nitrogens is 3. The van der Waals surface area contributed by atoms with Gasteiger partial charge in [-0.25, -0.2) is 4.98 Å². The van der Waals surface area contributed by atoms with Gasteiger partial charge in [0.15, 0.2) is 11.6 Å². The zero-order chi connectivity index (χ0) is 29.6. The number of pyridine rings is 1. The summed E-state index contributed by atoms with van der Waals surface area (Å²) in [5, 5.41) is 24.3. The van der Waals surface area contributed by atoms with Crippen LogP contribution < -0.4 is 31.3 Å². The number of fused-ring (bicyclic) bond motifs is 2. The number of thioether (sulfide) groups is 1. The van der Waals surface area contributed by atoms with Gasteiger partial charge in [-0.05, 0) is 26.3 Å². The minimum atomic E-state index is -0.261. The smallest absolute Gasteiger partial charge is 0.320 e. The van der Waals surface area contributed by atoms with E-state index in [4.69, 9.17) is 26.2 Å². The third-order valence-corrected chi connectivity index (χ3v) is 10.9. The number of nitrogens with one attached hydrogen (secondary N) is 1. The number of hydrogen-bond donors (Lipinski definition) is 3. The lowest BCUT2D eigenvalue weighted by Gasteiger charge is -2.49. The van der Waals surface area contributed by atoms with Gasteiger partial charge in [-0.3, -0.25) is 0 Å². The van der Waals surface area contributed by atoms with Crippen LogP contribution in [0.15, 0.2) is 30.5 Å². The Morgan fingerprint density at radius 2 is 2.07 bits per heavy atom. The van der Waals surface area contributed by atoms with Crippen molar-refractivity contribution >= 4 is 45.6 Å². The van der Waals surface area contributed by atoms with Gasteiger partial charge in [0, 0.05) is 60.2 Å². The van der Waals surface area contributed by atoms with Crippen LogP contribution in [0.1, 0.15) is 53.4 Å². The van der Waals surface area contributed by atoms with Crippen LogP contribution >= 0.6 is 23.1 Å². The van der Waals surface area contributed by atoms with Crippen molar-refractivity contribution in [1.82, 2.24) is 20.3 Å². The van der Waals surface area contributed by atoms with Crippen LogP contribution in [0.4, 0.5) is 22.5 Å². The van der Waals surface area contributed by atoms with Crippen molar-refractivity contribution in [3.63, 3.8) is 0 Å². The standard InChI is InChI=1S/C29H32N10OS2/c1-4-39(17(3)19-6-5-7-34-24(19)32)27-21(10-31)26(36-28(37-27)40-12-18-8-16(2)11-35-18)38-14-29(15-38)23-20(9-30)25(33)42-22(23)13-41-29/h5-7,17-18,35H,2,4,8,11-15,33H2,1,3H3,(H2,32,34)/t17-,18+/m1/s1. The van der Waals surface area contributed by atoms with Gasteiger partial charge >= 0.3 is 6.01 Å². The van der Waals surface area contributed by atoms with Crippen molar-refractivity contribution in [2.24, 2.45) is 0 Å². The molecule has 0 saturated carbocycles. The van der Waals surface area contributed by atoms with Gasteiger partial charge < -0.3 is 31.3 Å². The minimum absolute atomic E-state index is 0.120. The lowest BCUT2D eigenvalue weighted by Crippen LogP contribution is -2.57. The van der Waals surface area contributed by atoms with Crippen molar-refractivity contribution in [3.8, 4) is 18.1 Å². The monoisotopic (exact) mass is 600 g/mol. The van der Waals surface area contributed by atoms with Crippen LogP contribution in [0.5, 0.6) is 6.01 Å². The Morgan fingerprint density at radius 1 is 1.29 bits per heavy atom. The van der Waals surface area contributed by atoms with Gasteiger partial charge in [0.05, 0.1) is 16.4 Å². The molecular weight excluding hydrogens is 569 g/mol. The molecule has 0 unspecified atom stereocenters. The van der Waals surface area contributed by atoms with E-state index in [-0.39, 0.29) is 22.8 Å². The molecule has 2 atom stereocenters. The molecule has 5 N–H and O–H groups in total. The van der Waals surface area contributed by atoms with E-state index in [2.05, 4.69) is 33.9 Å². The molecule has 3 aromatic heterocycles. The lowest BCUT2D eigenvalue weighted by atomic mass is 9.88. The molecule has 1 spiro atoms. The topological polar surface area (TPSA) is 166 Å². The zero-order valence-corrected chi connectivity index (χ0v) is 25.2. The first-order valence-electron chi connectivity index (χ1n) is 13.8. The van der Waals surface area contributed by atoms with Gasteiger partial charge in [-0.2, -0.15) is 20.5 Å². The molecule has 0 amide bonds. The SMILES string of the molecule is C=C1CN[C@H](COc2nc(N3CC4(C3)SCc3sc(N)c(C#N)c34)c(C#N)c(N(CC)[C@H](C)c3cccnc3N)n2)C1. The van der Waals surface area contributed by atoms with Gasteiger partial charge in [-0.15, -0.1) is 23.1 Å². The zero-order valence-electron chi connectivity index (χ0n) is 23.6. The quantitative estimate of drug-likeness (QED) is 0.322. The molecule has 6 rings (SSSR count). The van der Waals surface area contributed by atoms with E-state index in [0.29, 0.717) is 59.8 Å². The number of nitrogens with zero attached hydrogens (tertiary/aromatic N) is 7. The average Bonchev–Trinajstić information content (AvgIpc) is 3.64. The molecule has 6 heterocycles. The Bertz CT molecular complexity index is 1630. The van der Waals surface area contributed by atoms with E-state index < -0.39 is 0 Å². The molecule has 0 aliphatic carbocycles. The number of nitrogens with two attached hydrogens (primary N) is 2. The first-order valence-corrected chi connectivity index (χ1v) is 15.6. The molecule has 2 fully saturated rings. The normalized spacial score (nSPS) is 19.2. The number of nitrogen functional groups attached to an aromatic ring is 2. The number of hydrogen-bond acceptors (Lipinski definition) is 13. The molecule has 3 aromatic rings. The molecule has 13 heteroatoms. The molecule has 2 saturated heterocycles. The minimum Gasteiger partial charge on any atom is -0.462 e. The fourth-order valence-electron chi connectivity index (χ4n) is 6.09. The molecule has 216 valence electrons. The molecule has 3 aliphatic rings. The molecule has 0 radical (unpaired) electrons. The maximum absolute atomic E-state index is 10.5. The maximum Gasteiger partial charge on any atom is 0.320 e. The van der Waals surface area contributed by atoms with Gasteiger partial charge in [-0.1, -0.05) is 18.2 Å². The van der Waals surface area contributed by atoms with E-state index >= 15 is 0 Å². The molecule has 11 nitrogen and oxygen atoms in total. The summed E-state index contributed by atoms with van der Waals surface area (Å²) in [6, 6.07) is 8.61. The summed E-state index contributed by atoms with van der Waals surface area (Å²) in [5.41, 5.74) is 16.4. The lowest BCUT2D eigenvalue weighted by molar-refractivity contribution is 0.257. The first kappa shape index (κ1) is 28.1. The Morgan fingerprint density at radius 3 is 2.74 bits per heavy atom. The van der Waals surface area contributed by atoms with Crippen LogP contribution in [-0.2, 0) is 10.5 Å². The summed E-state index contributed by atoms with van der Waals surface area (Å²) in [7, 11) is 0. The second kappa shape index (κ2) is 11.0.